The fraction of sp³-hybridized carbons (Fsp3) is 0. The second-order valence-corrected chi connectivity index (χ2v) is 10.5. The van der Waals surface area contributed by atoms with E-state index in [-0.39, 0.29) is 0 Å². The zero-order chi connectivity index (χ0) is 26.2. The molecule has 0 fully saturated rings. The minimum Gasteiger partial charge on any atom is -0.310 e. The van der Waals surface area contributed by atoms with Crippen molar-refractivity contribution in [2.75, 3.05) is 4.90 Å². The Kier molecular flexibility index (Phi) is 5.99. The van der Waals surface area contributed by atoms with Crippen molar-refractivity contribution >= 4 is 54.8 Å². The number of anilines is 3. The number of aromatic nitrogens is 1. The van der Waals surface area contributed by atoms with Gasteiger partial charge >= 0.3 is 0 Å². The summed E-state index contributed by atoms with van der Waals surface area (Å²) in [5, 5.41) is 2.48. The summed E-state index contributed by atoms with van der Waals surface area (Å²) in [5.74, 6) is 0. The Balaban J connectivity index is 1.41. The van der Waals surface area contributed by atoms with E-state index < -0.39 is 0 Å². The van der Waals surface area contributed by atoms with Gasteiger partial charge in [0.05, 0.1) is 11.0 Å². The van der Waals surface area contributed by atoms with Gasteiger partial charge in [0, 0.05) is 38.0 Å². The molecule has 186 valence electrons. The minimum absolute atomic E-state index is 1.06. The molecule has 0 unspecified atom stereocenters. The number of rotatable bonds is 5. The summed E-state index contributed by atoms with van der Waals surface area (Å²) < 4.78 is 3.42. The van der Waals surface area contributed by atoms with E-state index in [1.165, 1.54) is 32.9 Å². The molecule has 0 bridgehead atoms. The van der Waals surface area contributed by atoms with Gasteiger partial charge in [0.15, 0.2) is 0 Å². The van der Waals surface area contributed by atoms with Crippen LogP contribution in [0, 0.1) is 0 Å². The molecule has 7 rings (SSSR count). The van der Waals surface area contributed by atoms with Crippen molar-refractivity contribution in [2.24, 2.45) is 0 Å². The van der Waals surface area contributed by atoms with Crippen LogP contribution >= 0.6 is 15.9 Å². The normalized spacial score (nSPS) is 11.2. The average molecular weight is 566 g/mol. The van der Waals surface area contributed by atoms with E-state index in [1.807, 2.05) is 0 Å². The molecule has 2 nitrogen and oxygen atoms in total. The number of para-hydroxylation sites is 2. The van der Waals surface area contributed by atoms with Gasteiger partial charge in [0.2, 0.25) is 0 Å². The van der Waals surface area contributed by atoms with Gasteiger partial charge in [-0.15, -0.1) is 0 Å². The quantitative estimate of drug-likeness (QED) is 0.202. The Bertz CT molecular complexity index is 1890. The molecule has 0 amide bonds. The van der Waals surface area contributed by atoms with Crippen LogP contribution in [0.1, 0.15) is 0 Å². The Labute approximate surface area is 236 Å². The molecule has 7 aromatic rings. The van der Waals surface area contributed by atoms with Crippen LogP contribution < -0.4 is 4.90 Å². The molecule has 6 aromatic carbocycles. The lowest BCUT2D eigenvalue weighted by atomic mass is 10.0. The first-order chi connectivity index (χ1) is 19.3. The van der Waals surface area contributed by atoms with E-state index in [0.29, 0.717) is 0 Å². The molecule has 0 atom stereocenters. The lowest BCUT2D eigenvalue weighted by Gasteiger charge is -2.26. The summed E-state index contributed by atoms with van der Waals surface area (Å²) in [5.41, 5.74) is 9.33. The molecule has 0 aliphatic rings. The van der Waals surface area contributed by atoms with Crippen LogP contribution in [0.25, 0.3) is 38.6 Å². The maximum absolute atomic E-state index is 3.61. The van der Waals surface area contributed by atoms with Crippen LogP contribution in [-0.4, -0.2) is 4.57 Å². The standard InChI is InChI=1S/C36H25BrN2/c37-28-17-21-31(22-18-28)38(30-19-15-27(16-20-30)26-9-3-1-4-10-26)32-23-24-36-34(25-32)33-13-7-8-14-35(33)39(36)29-11-5-2-6-12-29/h1-25H. The summed E-state index contributed by atoms with van der Waals surface area (Å²) in [6, 6.07) is 53.9. The molecule has 1 aromatic heterocycles. The number of nitrogens with zero attached hydrogens (tertiary/aromatic N) is 2. The number of benzene rings is 6. The summed E-state index contributed by atoms with van der Waals surface area (Å²) in [4.78, 5) is 2.33. The monoisotopic (exact) mass is 564 g/mol. The van der Waals surface area contributed by atoms with Gasteiger partial charge in [-0.25, -0.2) is 0 Å². The molecule has 39 heavy (non-hydrogen) atoms. The lowest BCUT2D eigenvalue weighted by Crippen LogP contribution is -2.09. The second-order valence-electron chi connectivity index (χ2n) is 9.61. The molecule has 0 radical (unpaired) electrons. The largest absolute Gasteiger partial charge is 0.310 e. The third-order valence-electron chi connectivity index (χ3n) is 7.25. The summed E-state index contributed by atoms with van der Waals surface area (Å²) in [6.07, 6.45) is 0. The van der Waals surface area contributed by atoms with E-state index in [2.05, 4.69) is 177 Å². The molecule has 0 saturated heterocycles. The predicted octanol–water partition coefficient (Wildman–Crippen LogP) is 10.7. The molecule has 0 saturated carbocycles. The molecular weight excluding hydrogens is 540 g/mol. The van der Waals surface area contributed by atoms with Crippen LogP contribution in [0.5, 0.6) is 0 Å². The summed E-state index contributed by atoms with van der Waals surface area (Å²) in [7, 11) is 0. The zero-order valence-electron chi connectivity index (χ0n) is 21.2. The van der Waals surface area contributed by atoms with Gasteiger partial charge in [-0.3, -0.25) is 0 Å². The van der Waals surface area contributed by atoms with Crippen molar-refractivity contribution in [3.8, 4) is 16.8 Å². The lowest BCUT2D eigenvalue weighted by molar-refractivity contribution is 1.18. The van der Waals surface area contributed by atoms with E-state index in [9.17, 15) is 0 Å². The van der Waals surface area contributed by atoms with Crippen LogP contribution in [0.4, 0.5) is 17.1 Å². The van der Waals surface area contributed by atoms with Gasteiger partial charge in [-0.05, 0) is 83.9 Å². The maximum atomic E-state index is 3.61. The highest BCUT2D eigenvalue weighted by atomic mass is 79.9. The number of halogens is 1. The van der Waals surface area contributed by atoms with Crippen molar-refractivity contribution in [2.45, 2.75) is 0 Å². The van der Waals surface area contributed by atoms with Crippen LogP contribution in [0.2, 0.25) is 0 Å². The first kappa shape index (κ1) is 23.5. The molecule has 1 heterocycles. The van der Waals surface area contributed by atoms with Crippen molar-refractivity contribution < 1.29 is 0 Å². The van der Waals surface area contributed by atoms with Gasteiger partial charge in [-0.1, -0.05) is 94.8 Å². The third-order valence-corrected chi connectivity index (χ3v) is 7.77. The number of hydrogen-bond acceptors (Lipinski definition) is 1. The Morgan fingerprint density at radius 2 is 0.974 bits per heavy atom. The van der Waals surface area contributed by atoms with Crippen LogP contribution in [0.3, 0.4) is 0 Å². The van der Waals surface area contributed by atoms with Gasteiger partial charge in [0.1, 0.15) is 0 Å². The average Bonchev–Trinajstić information content (AvgIpc) is 3.33. The Morgan fingerprint density at radius 3 is 1.69 bits per heavy atom. The van der Waals surface area contributed by atoms with Crippen molar-refractivity contribution in [1.29, 1.82) is 0 Å². The number of hydrogen-bond donors (Lipinski definition) is 0. The highest BCUT2D eigenvalue weighted by molar-refractivity contribution is 9.10. The maximum Gasteiger partial charge on any atom is 0.0542 e. The fourth-order valence-electron chi connectivity index (χ4n) is 5.43. The van der Waals surface area contributed by atoms with Gasteiger partial charge < -0.3 is 9.47 Å². The molecule has 0 spiro atoms. The van der Waals surface area contributed by atoms with Crippen LogP contribution in [0.15, 0.2) is 156 Å². The van der Waals surface area contributed by atoms with Gasteiger partial charge in [-0.2, -0.15) is 0 Å². The fourth-order valence-corrected chi connectivity index (χ4v) is 5.69. The second kappa shape index (κ2) is 9.94. The topological polar surface area (TPSA) is 8.17 Å². The number of fused-ring (bicyclic) bond motifs is 3. The van der Waals surface area contributed by atoms with E-state index in [1.54, 1.807) is 0 Å². The van der Waals surface area contributed by atoms with Crippen molar-refractivity contribution in [3.05, 3.63) is 156 Å². The van der Waals surface area contributed by atoms with Crippen molar-refractivity contribution in [3.63, 3.8) is 0 Å². The highest BCUT2D eigenvalue weighted by Crippen LogP contribution is 2.40. The predicted molar refractivity (Wildman–Crippen MR) is 169 cm³/mol. The molecule has 0 N–H and O–H groups in total. The SMILES string of the molecule is Brc1ccc(N(c2ccc(-c3ccccc3)cc2)c2ccc3c(c2)c2ccccc2n3-c2ccccc2)cc1. The minimum atomic E-state index is 1.06. The Morgan fingerprint density at radius 1 is 0.436 bits per heavy atom. The van der Waals surface area contributed by atoms with Gasteiger partial charge in [0.25, 0.3) is 0 Å². The summed E-state index contributed by atoms with van der Waals surface area (Å²) >= 11 is 3.61. The van der Waals surface area contributed by atoms with Crippen LogP contribution in [-0.2, 0) is 0 Å². The molecular formula is C36H25BrN2. The smallest absolute Gasteiger partial charge is 0.0542 e. The van der Waals surface area contributed by atoms with E-state index >= 15 is 0 Å². The van der Waals surface area contributed by atoms with E-state index in [0.717, 1.165) is 27.2 Å². The molecule has 3 heteroatoms. The summed E-state index contributed by atoms with van der Waals surface area (Å²) in [6.45, 7) is 0. The molecule has 0 aliphatic heterocycles. The molecule has 0 aliphatic carbocycles. The van der Waals surface area contributed by atoms with E-state index in [4.69, 9.17) is 0 Å². The third kappa shape index (κ3) is 4.31. The first-order valence-electron chi connectivity index (χ1n) is 13.1. The van der Waals surface area contributed by atoms with Crippen molar-refractivity contribution in [1.82, 2.24) is 4.57 Å². The highest BCUT2D eigenvalue weighted by Gasteiger charge is 2.17. The zero-order valence-corrected chi connectivity index (χ0v) is 22.8. The first-order valence-corrected chi connectivity index (χ1v) is 13.9. The Hall–Kier alpha value is -4.60.